The molecule has 0 amide bonds. The fraction of sp³-hybridized carbons (Fsp3) is 0.273. The number of halogens is 3. The molecular formula is C11H8F3NO2S. The fourth-order valence-electron chi connectivity index (χ4n) is 1.21. The van der Waals surface area contributed by atoms with E-state index in [0.717, 1.165) is 23.9 Å². The lowest BCUT2D eigenvalue weighted by Gasteiger charge is -2.09. The zero-order valence-electron chi connectivity index (χ0n) is 8.99. The number of carbonyl (C=O) groups is 1. The van der Waals surface area contributed by atoms with Crippen LogP contribution in [0.25, 0.3) is 0 Å². The summed E-state index contributed by atoms with van der Waals surface area (Å²) >= 11 is 1.10. The SMILES string of the molecule is N#Cc1cc(SCCC(=O)O)ccc1C(F)(F)F. The van der Waals surface area contributed by atoms with Crippen molar-refractivity contribution in [3.8, 4) is 6.07 Å². The van der Waals surface area contributed by atoms with Crippen LogP contribution in [0, 0.1) is 11.3 Å². The summed E-state index contributed by atoms with van der Waals surface area (Å²) in [5.74, 6) is -0.735. The maximum atomic E-state index is 12.5. The number of benzene rings is 1. The maximum Gasteiger partial charge on any atom is 0.417 e. The third kappa shape index (κ3) is 3.96. The van der Waals surface area contributed by atoms with E-state index in [1.54, 1.807) is 0 Å². The van der Waals surface area contributed by atoms with Crippen LogP contribution in [0.3, 0.4) is 0 Å². The van der Waals surface area contributed by atoms with Crippen LogP contribution in [0.15, 0.2) is 23.1 Å². The van der Waals surface area contributed by atoms with Gasteiger partial charge in [-0.25, -0.2) is 0 Å². The van der Waals surface area contributed by atoms with Gasteiger partial charge in [-0.3, -0.25) is 4.79 Å². The lowest BCUT2D eigenvalue weighted by Crippen LogP contribution is -2.07. The molecule has 7 heteroatoms. The minimum Gasteiger partial charge on any atom is -0.481 e. The second-order valence-electron chi connectivity index (χ2n) is 3.31. The molecule has 0 saturated heterocycles. The number of nitrogens with zero attached hydrogens (tertiary/aromatic N) is 1. The van der Waals surface area contributed by atoms with Crippen LogP contribution in [0.4, 0.5) is 13.2 Å². The second-order valence-corrected chi connectivity index (χ2v) is 4.48. The van der Waals surface area contributed by atoms with Crippen molar-refractivity contribution in [1.82, 2.24) is 0 Å². The van der Waals surface area contributed by atoms with Crippen LogP contribution in [-0.4, -0.2) is 16.8 Å². The molecule has 0 atom stereocenters. The maximum absolute atomic E-state index is 12.5. The van der Waals surface area contributed by atoms with Crippen molar-refractivity contribution in [2.45, 2.75) is 17.5 Å². The second kappa shape index (κ2) is 5.78. The minimum atomic E-state index is -4.56. The average molecular weight is 275 g/mol. The van der Waals surface area contributed by atoms with E-state index >= 15 is 0 Å². The molecule has 3 nitrogen and oxygen atoms in total. The summed E-state index contributed by atoms with van der Waals surface area (Å²) in [4.78, 5) is 10.7. The van der Waals surface area contributed by atoms with Gasteiger partial charge in [-0.15, -0.1) is 11.8 Å². The molecule has 1 aromatic carbocycles. The van der Waals surface area contributed by atoms with Crippen LogP contribution in [0.2, 0.25) is 0 Å². The minimum absolute atomic E-state index is 0.0897. The number of thioether (sulfide) groups is 1. The van der Waals surface area contributed by atoms with E-state index in [4.69, 9.17) is 10.4 Å². The van der Waals surface area contributed by atoms with Crippen molar-refractivity contribution < 1.29 is 23.1 Å². The first-order valence-electron chi connectivity index (χ1n) is 4.80. The molecule has 1 aromatic rings. The van der Waals surface area contributed by atoms with Crippen molar-refractivity contribution in [3.05, 3.63) is 29.3 Å². The summed E-state index contributed by atoms with van der Waals surface area (Å²) in [6.07, 6.45) is -4.65. The average Bonchev–Trinajstić information content (AvgIpc) is 2.26. The Morgan fingerprint density at radius 3 is 2.61 bits per heavy atom. The Morgan fingerprint density at radius 1 is 1.44 bits per heavy atom. The predicted octanol–water partition coefficient (Wildman–Crippen LogP) is 3.14. The summed E-state index contributed by atoms with van der Waals surface area (Å²) in [5, 5.41) is 17.1. The van der Waals surface area contributed by atoms with E-state index in [9.17, 15) is 18.0 Å². The van der Waals surface area contributed by atoms with Crippen molar-refractivity contribution in [1.29, 1.82) is 5.26 Å². The van der Waals surface area contributed by atoms with Crippen LogP contribution in [0.1, 0.15) is 17.5 Å². The van der Waals surface area contributed by atoms with Gasteiger partial charge in [0.1, 0.15) is 0 Å². The highest BCUT2D eigenvalue weighted by atomic mass is 32.2. The molecule has 0 fully saturated rings. The Bertz CT molecular complexity index is 494. The van der Waals surface area contributed by atoms with E-state index in [1.165, 1.54) is 12.1 Å². The van der Waals surface area contributed by atoms with Crippen LogP contribution in [-0.2, 0) is 11.0 Å². The molecular weight excluding hydrogens is 267 g/mol. The predicted molar refractivity (Wildman–Crippen MR) is 59.1 cm³/mol. The number of carboxylic acids is 1. The molecule has 0 spiro atoms. The third-order valence-electron chi connectivity index (χ3n) is 2.00. The van der Waals surface area contributed by atoms with Crippen LogP contribution in [0.5, 0.6) is 0 Å². The Kier molecular flexibility index (Phi) is 4.62. The number of alkyl halides is 3. The summed E-state index contributed by atoms with van der Waals surface area (Å²) in [7, 11) is 0. The van der Waals surface area contributed by atoms with E-state index in [0.29, 0.717) is 4.90 Å². The smallest absolute Gasteiger partial charge is 0.417 e. The zero-order chi connectivity index (χ0) is 13.8. The molecule has 0 unspecified atom stereocenters. The topological polar surface area (TPSA) is 61.1 Å². The number of nitriles is 1. The number of aliphatic carboxylic acids is 1. The molecule has 18 heavy (non-hydrogen) atoms. The van der Waals surface area contributed by atoms with Gasteiger partial charge in [0.2, 0.25) is 0 Å². The van der Waals surface area contributed by atoms with E-state index in [2.05, 4.69) is 0 Å². The lowest BCUT2D eigenvalue weighted by atomic mass is 10.1. The molecule has 0 aliphatic heterocycles. The monoisotopic (exact) mass is 275 g/mol. The van der Waals surface area contributed by atoms with E-state index in [-0.39, 0.29) is 12.2 Å². The van der Waals surface area contributed by atoms with Crippen LogP contribution >= 0.6 is 11.8 Å². The highest BCUT2D eigenvalue weighted by Crippen LogP contribution is 2.33. The molecule has 1 rings (SSSR count). The first-order chi connectivity index (χ1) is 8.34. The Hall–Kier alpha value is -1.68. The van der Waals surface area contributed by atoms with Gasteiger partial charge in [0, 0.05) is 10.6 Å². The number of hydrogen-bond donors (Lipinski definition) is 1. The van der Waals surface area contributed by atoms with Crippen molar-refractivity contribution in [2.75, 3.05) is 5.75 Å². The molecule has 0 bridgehead atoms. The summed E-state index contributed by atoms with van der Waals surface area (Å²) in [6, 6.07) is 4.68. The van der Waals surface area contributed by atoms with E-state index in [1.807, 2.05) is 0 Å². The van der Waals surface area contributed by atoms with Gasteiger partial charge in [-0.05, 0) is 18.2 Å². The normalized spacial score (nSPS) is 11.0. The van der Waals surface area contributed by atoms with Gasteiger partial charge in [-0.1, -0.05) is 0 Å². The molecule has 0 aliphatic carbocycles. The third-order valence-corrected chi connectivity index (χ3v) is 3.00. The van der Waals surface area contributed by atoms with Crippen molar-refractivity contribution >= 4 is 17.7 Å². The van der Waals surface area contributed by atoms with Crippen molar-refractivity contribution in [2.24, 2.45) is 0 Å². The van der Waals surface area contributed by atoms with Gasteiger partial charge in [0.25, 0.3) is 0 Å². The van der Waals surface area contributed by atoms with E-state index < -0.39 is 23.3 Å². The largest absolute Gasteiger partial charge is 0.481 e. The first kappa shape index (κ1) is 14.4. The van der Waals surface area contributed by atoms with Gasteiger partial charge in [0.15, 0.2) is 0 Å². The Labute approximate surface area is 105 Å². The molecule has 0 heterocycles. The number of rotatable bonds is 4. The van der Waals surface area contributed by atoms with Crippen molar-refractivity contribution in [3.63, 3.8) is 0 Å². The number of carboxylic acid groups (broad SMARTS) is 1. The molecule has 0 saturated carbocycles. The summed E-state index contributed by atoms with van der Waals surface area (Å²) in [5.41, 5.74) is -1.43. The van der Waals surface area contributed by atoms with Gasteiger partial charge >= 0.3 is 12.1 Å². The lowest BCUT2D eigenvalue weighted by molar-refractivity contribution is -0.138. The standard InChI is InChI=1S/C11H8F3NO2S/c12-11(13,14)9-2-1-8(5-7(9)6-15)18-4-3-10(16)17/h1-2,5H,3-4H2,(H,16,17). The molecule has 1 N–H and O–H groups in total. The zero-order valence-corrected chi connectivity index (χ0v) is 9.81. The van der Waals surface area contributed by atoms with Crippen LogP contribution < -0.4 is 0 Å². The Balaban J connectivity index is 2.87. The highest BCUT2D eigenvalue weighted by molar-refractivity contribution is 7.99. The first-order valence-corrected chi connectivity index (χ1v) is 5.79. The molecule has 0 radical (unpaired) electrons. The van der Waals surface area contributed by atoms with Gasteiger partial charge in [0.05, 0.1) is 23.6 Å². The summed E-state index contributed by atoms with van der Waals surface area (Å²) < 4.78 is 37.5. The molecule has 96 valence electrons. The fourth-order valence-corrected chi connectivity index (χ4v) is 2.09. The molecule has 0 aliphatic rings. The molecule has 0 aromatic heterocycles. The summed E-state index contributed by atoms with van der Waals surface area (Å²) in [6.45, 7) is 0. The van der Waals surface area contributed by atoms with Gasteiger partial charge < -0.3 is 5.11 Å². The Morgan fingerprint density at radius 2 is 2.11 bits per heavy atom. The quantitative estimate of drug-likeness (QED) is 0.857. The highest BCUT2D eigenvalue weighted by Gasteiger charge is 2.33. The number of hydrogen-bond acceptors (Lipinski definition) is 3. The van der Waals surface area contributed by atoms with Gasteiger partial charge in [-0.2, -0.15) is 18.4 Å².